The van der Waals surface area contributed by atoms with E-state index in [1.165, 1.54) is 17.7 Å². The van der Waals surface area contributed by atoms with Crippen LogP contribution in [-0.2, 0) is 11.3 Å². The largest absolute Gasteiger partial charge is 0.484 e. The van der Waals surface area contributed by atoms with Gasteiger partial charge in [-0.1, -0.05) is 6.07 Å². The Kier molecular flexibility index (Phi) is 5.37. The Morgan fingerprint density at radius 3 is 2.72 bits per heavy atom. The quantitative estimate of drug-likeness (QED) is 0.700. The fourth-order valence-corrected chi connectivity index (χ4v) is 2.57. The Morgan fingerprint density at radius 2 is 2.04 bits per heavy atom. The van der Waals surface area contributed by atoms with Crippen molar-refractivity contribution in [1.82, 2.24) is 20.8 Å². The van der Waals surface area contributed by atoms with Gasteiger partial charge in [-0.05, 0) is 35.7 Å². The van der Waals surface area contributed by atoms with Crippen molar-refractivity contribution in [1.29, 1.82) is 0 Å². The van der Waals surface area contributed by atoms with E-state index in [1.807, 2.05) is 17.5 Å². The second-order valence-corrected chi connectivity index (χ2v) is 5.90. The van der Waals surface area contributed by atoms with Crippen LogP contribution in [0, 0.1) is 0 Å². The molecule has 2 heterocycles. The van der Waals surface area contributed by atoms with E-state index in [1.54, 1.807) is 24.3 Å². The number of carbonyl (C=O) groups excluding carboxylic acids is 2. The highest BCUT2D eigenvalue weighted by Gasteiger charge is 2.09. The Morgan fingerprint density at radius 1 is 1.20 bits per heavy atom. The molecule has 128 valence electrons. The number of hydrogen-bond acceptors (Lipinski definition) is 7. The molecular weight excluding hydrogens is 344 g/mol. The molecule has 0 saturated carbocycles. The summed E-state index contributed by atoms with van der Waals surface area (Å²) in [5, 5.41) is 14.1. The topological polar surface area (TPSA) is 106 Å². The van der Waals surface area contributed by atoms with Gasteiger partial charge in [-0.25, -0.2) is 4.79 Å². The highest BCUT2D eigenvalue weighted by molar-refractivity contribution is 7.09. The molecule has 0 aliphatic rings. The normalized spacial score (nSPS) is 10.2. The predicted molar refractivity (Wildman–Crippen MR) is 89.9 cm³/mol. The Bertz CT molecular complexity index is 816. The molecular formula is C16H14N4O4S. The SMILES string of the molecule is O=C(COc1ccc(-c2nnco2)cc1)NC(=O)NCc1cccs1. The van der Waals surface area contributed by atoms with Crippen molar-refractivity contribution in [3.8, 4) is 17.2 Å². The summed E-state index contributed by atoms with van der Waals surface area (Å²) in [6, 6.07) is 10.0. The zero-order valence-corrected chi connectivity index (χ0v) is 13.8. The average molecular weight is 358 g/mol. The number of urea groups is 1. The lowest BCUT2D eigenvalue weighted by molar-refractivity contribution is -0.122. The van der Waals surface area contributed by atoms with Crippen LogP contribution in [0.5, 0.6) is 5.75 Å². The number of ether oxygens (including phenoxy) is 1. The summed E-state index contributed by atoms with van der Waals surface area (Å²) in [4.78, 5) is 24.3. The van der Waals surface area contributed by atoms with Crippen LogP contribution in [0.2, 0.25) is 0 Å². The summed E-state index contributed by atoms with van der Waals surface area (Å²) in [6.07, 6.45) is 1.24. The third-order valence-electron chi connectivity index (χ3n) is 3.09. The molecule has 0 aliphatic heterocycles. The van der Waals surface area contributed by atoms with Crippen molar-refractivity contribution < 1.29 is 18.7 Å². The molecule has 2 N–H and O–H groups in total. The van der Waals surface area contributed by atoms with Gasteiger partial charge < -0.3 is 14.5 Å². The number of nitrogens with zero attached hydrogens (tertiary/aromatic N) is 2. The second-order valence-electron chi connectivity index (χ2n) is 4.87. The number of nitrogens with one attached hydrogen (secondary N) is 2. The smallest absolute Gasteiger partial charge is 0.321 e. The average Bonchev–Trinajstić information content (AvgIpc) is 3.32. The molecule has 1 aromatic carbocycles. The van der Waals surface area contributed by atoms with Crippen LogP contribution in [0.3, 0.4) is 0 Å². The highest BCUT2D eigenvalue weighted by Crippen LogP contribution is 2.20. The summed E-state index contributed by atoms with van der Waals surface area (Å²) < 4.78 is 10.4. The van der Waals surface area contributed by atoms with Crippen LogP contribution >= 0.6 is 11.3 Å². The molecule has 0 atom stereocenters. The lowest BCUT2D eigenvalue weighted by Crippen LogP contribution is -2.41. The highest BCUT2D eigenvalue weighted by atomic mass is 32.1. The number of carbonyl (C=O) groups is 2. The Hall–Kier alpha value is -3.20. The fourth-order valence-electron chi connectivity index (χ4n) is 1.93. The van der Waals surface area contributed by atoms with Gasteiger partial charge in [0.2, 0.25) is 12.3 Å². The van der Waals surface area contributed by atoms with E-state index in [9.17, 15) is 9.59 Å². The molecule has 0 aliphatic carbocycles. The first kappa shape index (κ1) is 16.7. The molecule has 0 bridgehead atoms. The van der Waals surface area contributed by atoms with Crippen LogP contribution in [0.4, 0.5) is 4.79 Å². The van der Waals surface area contributed by atoms with Gasteiger partial charge in [0.1, 0.15) is 5.75 Å². The van der Waals surface area contributed by atoms with Gasteiger partial charge in [-0.3, -0.25) is 10.1 Å². The van der Waals surface area contributed by atoms with Crippen molar-refractivity contribution in [3.05, 3.63) is 53.0 Å². The van der Waals surface area contributed by atoms with Crippen molar-refractivity contribution in [3.63, 3.8) is 0 Å². The van der Waals surface area contributed by atoms with Gasteiger partial charge >= 0.3 is 6.03 Å². The first-order chi connectivity index (χ1) is 12.2. The number of amides is 3. The van der Waals surface area contributed by atoms with Gasteiger partial charge in [-0.2, -0.15) is 0 Å². The fraction of sp³-hybridized carbons (Fsp3) is 0.125. The third kappa shape index (κ3) is 4.88. The molecule has 3 aromatic rings. The maximum absolute atomic E-state index is 11.7. The number of rotatable bonds is 6. The lowest BCUT2D eigenvalue weighted by atomic mass is 10.2. The maximum Gasteiger partial charge on any atom is 0.321 e. The van der Waals surface area contributed by atoms with Crippen molar-refractivity contribution in [2.45, 2.75) is 6.54 Å². The van der Waals surface area contributed by atoms with Crippen molar-refractivity contribution >= 4 is 23.3 Å². The second kappa shape index (κ2) is 8.06. The molecule has 0 unspecified atom stereocenters. The van der Waals surface area contributed by atoms with E-state index in [0.717, 1.165) is 10.4 Å². The van der Waals surface area contributed by atoms with Crippen LogP contribution in [0.25, 0.3) is 11.5 Å². The van der Waals surface area contributed by atoms with E-state index in [2.05, 4.69) is 20.8 Å². The minimum atomic E-state index is -0.561. The summed E-state index contributed by atoms with van der Waals surface area (Å²) in [5.41, 5.74) is 0.738. The van der Waals surface area contributed by atoms with Crippen LogP contribution in [-0.4, -0.2) is 28.7 Å². The van der Waals surface area contributed by atoms with Crippen LogP contribution in [0.1, 0.15) is 4.88 Å². The third-order valence-corrected chi connectivity index (χ3v) is 3.96. The van der Waals surface area contributed by atoms with Gasteiger partial charge in [0.25, 0.3) is 5.91 Å². The number of aromatic nitrogens is 2. The number of benzene rings is 1. The van der Waals surface area contributed by atoms with Crippen LogP contribution < -0.4 is 15.4 Å². The monoisotopic (exact) mass is 358 g/mol. The summed E-state index contributed by atoms with van der Waals surface area (Å²) in [5.74, 6) is 0.341. The summed E-state index contributed by atoms with van der Waals surface area (Å²) >= 11 is 1.52. The van der Waals surface area contributed by atoms with Crippen LogP contribution in [0.15, 0.2) is 52.6 Å². The van der Waals surface area contributed by atoms with E-state index >= 15 is 0 Å². The van der Waals surface area contributed by atoms with Gasteiger partial charge in [0.05, 0.1) is 6.54 Å². The van der Waals surface area contributed by atoms with Crippen molar-refractivity contribution in [2.75, 3.05) is 6.61 Å². The Labute approximate surface area is 146 Å². The van der Waals surface area contributed by atoms with Gasteiger partial charge in [0.15, 0.2) is 6.61 Å². The summed E-state index contributed by atoms with van der Waals surface area (Å²) in [6.45, 7) is 0.0983. The molecule has 0 radical (unpaired) electrons. The van der Waals surface area contributed by atoms with E-state index in [-0.39, 0.29) is 6.61 Å². The number of hydrogen-bond donors (Lipinski definition) is 2. The minimum Gasteiger partial charge on any atom is -0.484 e. The molecule has 3 amide bonds. The molecule has 0 saturated heterocycles. The molecule has 0 fully saturated rings. The zero-order valence-electron chi connectivity index (χ0n) is 13.0. The van der Waals surface area contributed by atoms with E-state index in [4.69, 9.17) is 9.15 Å². The molecule has 9 heteroatoms. The molecule has 8 nitrogen and oxygen atoms in total. The maximum atomic E-state index is 11.7. The van der Waals surface area contributed by atoms with E-state index < -0.39 is 11.9 Å². The molecule has 2 aromatic heterocycles. The van der Waals surface area contributed by atoms with Crippen molar-refractivity contribution in [2.24, 2.45) is 0 Å². The first-order valence-electron chi connectivity index (χ1n) is 7.30. The Balaban J connectivity index is 1.41. The number of imide groups is 1. The summed E-state index contributed by atoms with van der Waals surface area (Å²) in [7, 11) is 0. The zero-order chi connectivity index (χ0) is 17.5. The molecule has 25 heavy (non-hydrogen) atoms. The minimum absolute atomic E-state index is 0.272. The standard InChI is InChI=1S/C16H14N4O4S/c21-14(19-16(22)17-8-13-2-1-7-25-13)9-23-12-5-3-11(4-6-12)15-20-18-10-24-15/h1-7,10H,8-9H2,(H2,17,19,21,22). The molecule has 0 spiro atoms. The van der Waals surface area contributed by atoms with E-state index in [0.29, 0.717) is 18.2 Å². The first-order valence-corrected chi connectivity index (χ1v) is 8.18. The molecule has 3 rings (SSSR count). The van der Waals surface area contributed by atoms with Gasteiger partial charge in [0, 0.05) is 10.4 Å². The number of thiophene rings is 1. The lowest BCUT2D eigenvalue weighted by Gasteiger charge is -2.08. The van der Waals surface area contributed by atoms with Gasteiger partial charge in [-0.15, -0.1) is 21.5 Å². The predicted octanol–water partition coefficient (Wildman–Crippen LogP) is 2.20.